The van der Waals surface area contributed by atoms with Crippen molar-refractivity contribution in [3.8, 4) is 0 Å². The normalized spacial score (nSPS) is 12.2. The van der Waals surface area contributed by atoms with Gasteiger partial charge in [-0.25, -0.2) is 9.59 Å². The lowest BCUT2D eigenvalue weighted by molar-refractivity contribution is -0.155. The highest BCUT2D eigenvalue weighted by Crippen LogP contribution is 2.30. The Kier molecular flexibility index (Phi) is 8.30. The first-order valence-electron chi connectivity index (χ1n) is 8.15. The summed E-state index contributed by atoms with van der Waals surface area (Å²) in [6.45, 7) is 5.68. The summed E-state index contributed by atoms with van der Waals surface area (Å²) in [5.74, 6) is -2.75. The van der Waals surface area contributed by atoms with Gasteiger partial charge in [-0.05, 0) is 37.7 Å². The predicted molar refractivity (Wildman–Crippen MR) is 99.3 cm³/mol. The molecule has 0 aliphatic heterocycles. The van der Waals surface area contributed by atoms with Crippen LogP contribution in [-0.4, -0.2) is 45.8 Å². The molecule has 0 saturated heterocycles. The van der Waals surface area contributed by atoms with Crippen LogP contribution in [0.3, 0.4) is 0 Å². The van der Waals surface area contributed by atoms with E-state index < -0.39 is 40.7 Å². The van der Waals surface area contributed by atoms with E-state index in [1.807, 2.05) is 0 Å². The topological polar surface area (TPSA) is 119 Å². The fraction of sp³-hybridized carbons (Fsp3) is 0.444. The van der Waals surface area contributed by atoms with E-state index in [0.29, 0.717) is 17.3 Å². The summed E-state index contributed by atoms with van der Waals surface area (Å²) in [6, 6.07) is 6.77. The van der Waals surface area contributed by atoms with Crippen LogP contribution >= 0.6 is 11.8 Å². The number of carboxylic acid groups (broad SMARTS) is 1. The molecule has 0 saturated carbocycles. The Morgan fingerprint density at radius 3 is 2.22 bits per heavy atom. The standard InChI is InChI=1S/C18H23NO7S/c1-11(2)16(23)25-10-26-17(24)27-18(3,4)13(15(21)22)19-14(20)12-8-6-5-7-9-12/h5-9,11,13H,10H2,1-4H3,(H,19,20)(H,21,22)/t13-/m0/s1. The van der Waals surface area contributed by atoms with Gasteiger partial charge in [0, 0.05) is 5.56 Å². The molecular formula is C18H23NO7S. The van der Waals surface area contributed by atoms with Gasteiger partial charge in [0.1, 0.15) is 6.04 Å². The molecule has 0 aliphatic carbocycles. The second kappa shape index (κ2) is 9.96. The van der Waals surface area contributed by atoms with Crippen LogP contribution in [0.4, 0.5) is 4.79 Å². The number of carboxylic acids is 1. The van der Waals surface area contributed by atoms with Crippen molar-refractivity contribution in [3.63, 3.8) is 0 Å². The number of esters is 1. The number of carbonyl (C=O) groups excluding carboxylic acids is 3. The van der Waals surface area contributed by atoms with Crippen molar-refractivity contribution in [2.75, 3.05) is 6.79 Å². The maximum absolute atomic E-state index is 12.2. The summed E-state index contributed by atoms with van der Waals surface area (Å²) in [5.41, 5.74) is 0.299. The van der Waals surface area contributed by atoms with E-state index in [9.17, 15) is 24.3 Å². The van der Waals surface area contributed by atoms with Crippen molar-refractivity contribution in [2.45, 2.75) is 38.5 Å². The van der Waals surface area contributed by atoms with E-state index >= 15 is 0 Å². The molecule has 0 aliphatic rings. The number of carbonyl (C=O) groups is 4. The molecule has 1 aromatic rings. The van der Waals surface area contributed by atoms with Crippen molar-refractivity contribution < 1.29 is 33.8 Å². The number of amides is 1. The lowest BCUT2D eigenvalue weighted by atomic mass is 10.0. The molecule has 27 heavy (non-hydrogen) atoms. The molecule has 1 amide bonds. The zero-order chi connectivity index (χ0) is 20.6. The minimum atomic E-state index is -1.36. The van der Waals surface area contributed by atoms with Crippen LogP contribution in [0.1, 0.15) is 38.1 Å². The Labute approximate surface area is 161 Å². The van der Waals surface area contributed by atoms with Crippen molar-refractivity contribution in [3.05, 3.63) is 35.9 Å². The summed E-state index contributed by atoms with van der Waals surface area (Å²) in [4.78, 5) is 47.1. The molecule has 1 rings (SSSR count). The Balaban J connectivity index is 2.69. The van der Waals surface area contributed by atoms with Crippen LogP contribution in [0.5, 0.6) is 0 Å². The van der Waals surface area contributed by atoms with Gasteiger partial charge in [-0.15, -0.1) is 0 Å². The third kappa shape index (κ3) is 7.30. The molecule has 148 valence electrons. The highest BCUT2D eigenvalue weighted by atomic mass is 32.2. The minimum Gasteiger partial charge on any atom is -0.480 e. The van der Waals surface area contributed by atoms with Crippen molar-refractivity contribution in [1.82, 2.24) is 5.32 Å². The molecule has 0 bridgehead atoms. The van der Waals surface area contributed by atoms with Crippen LogP contribution in [-0.2, 0) is 19.1 Å². The zero-order valence-electron chi connectivity index (χ0n) is 15.6. The Hall–Kier alpha value is -2.55. The second-order valence-electron chi connectivity index (χ2n) is 6.45. The number of rotatable bonds is 8. The first-order valence-corrected chi connectivity index (χ1v) is 8.97. The third-order valence-corrected chi connectivity index (χ3v) is 4.50. The number of ether oxygens (including phenoxy) is 2. The van der Waals surface area contributed by atoms with Crippen LogP contribution in [0.25, 0.3) is 0 Å². The summed E-state index contributed by atoms with van der Waals surface area (Å²) in [5, 5.41) is 11.1. The molecule has 0 unspecified atom stereocenters. The summed E-state index contributed by atoms with van der Waals surface area (Å²) in [6.07, 6.45) is 0. The Morgan fingerprint density at radius 1 is 1.11 bits per heavy atom. The van der Waals surface area contributed by atoms with Crippen LogP contribution in [0.2, 0.25) is 0 Å². The van der Waals surface area contributed by atoms with Crippen molar-refractivity contribution in [1.29, 1.82) is 0 Å². The van der Waals surface area contributed by atoms with Crippen molar-refractivity contribution >= 4 is 34.9 Å². The molecule has 2 N–H and O–H groups in total. The van der Waals surface area contributed by atoms with Crippen LogP contribution < -0.4 is 5.32 Å². The van der Waals surface area contributed by atoms with Crippen molar-refractivity contribution in [2.24, 2.45) is 5.92 Å². The first kappa shape index (κ1) is 22.5. The average molecular weight is 397 g/mol. The highest BCUT2D eigenvalue weighted by molar-refractivity contribution is 8.14. The quantitative estimate of drug-likeness (QED) is 0.508. The van der Waals surface area contributed by atoms with Gasteiger partial charge in [0.15, 0.2) is 0 Å². The Morgan fingerprint density at radius 2 is 1.70 bits per heavy atom. The predicted octanol–water partition coefficient (Wildman–Crippen LogP) is 2.67. The van der Waals surface area contributed by atoms with E-state index in [2.05, 4.69) is 5.32 Å². The number of aliphatic carboxylic acids is 1. The molecule has 1 atom stereocenters. The number of hydrogen-bond acceptors (Lipinski definition) is 7. The summed E-state index contributed by atoms with van der Waals surface area (Å²) in [7, 11) is 0. The Bertz CT molecular complexity index is 688. The first-order chi connectivity index (χ1) is 12.5. The molecule has 0 spiro atoms. The molecule has 0 aromatic heterocycles. The molecule has 8 nitrogen and oxygen atoms in total. The van der Waals surface area contributed by atoms with E-state index in [4.69, 9.17) is 9.47 Å². The number of thioether (sulfide) groups is 1. The fourth-order valence-electron chi connectivity index (χ4n) is 1.94. The van der Waals surface area contributed by atoms with Gasteiger partial charge in [-0.2, -0.15) is 0 Å². The zero-order valence-corrected chi connectivity index (χ0v) is 16.4. The molecule has 9 heteroatoms. The van der Waals surface area contributed by atoms with E-state index in [1.54, 1.807) is 44.2 Å². The SMILES string of the molecule is CC(C)C(=O)OCOC(=O)SC(C)(C)[C@@H](NC(=O)c1ccccc1)C(=O)O. The van der Waals surface area contributed by atoms with E-state index in [-0.39, 0.29) is 5.92 Å². The number of hydrogen-bond donors (Lipinski definition) is 2. The monoisotopic (exact) mass is 397 g/mol. The average Bonchev–Trinajstić information content (AvgIpc) is 2.59. The fourth-order valence-corrected chi connectivity index (χ4v) is 2.76. The molecule has 1 aromatic carbocycles. The third-order valence-electron chi connectivity index (χ3n) is 3.45. The van der Waals surface area contributed by atoms with Gasteiger partial charge in [-0.1, -0.05) is 32.0 Å². The molecule has 0 radical (unpaired) electrons. The van der Waals surface area contributed by atoms with Crippen LogP contribution in [0, 0.1) is 5.92 Å². The van der Waals surface area contributed by atoms with E-state index in [1.165, 1.54) is 13.8 Å². The second-order valence-corrected chi connectivity index (χ2v) is 8.04. The van der Waals surface area contributed by atoms with Gasteiger partial charge >= 0.3 is 17.2 Å². The lowest BCUT2D eigenvalue weighted by Gasteiger charge is -2.30. The smallest absolute Gasteiger partial charge is 0.370 e. The molecular weight excluding hydrogens is 374 g/mol. The van der Waals surface area contributed by atoms with Gasteiger partial charge in [0.2, 0.25) is 6.79 Å². The maximum atomic E-state index is 12.2. The van der Waals surface area contributed by atoms with Gasteiger partial charge in [0.25, 0.3) is 5.91 Å². The van der Waals surface area contributed by atoms with Gasteiger partial charge < -0.3 is 19.9 Å². The highest BCUT2D eigenvalue weighted by Gasteiger charge is 2.40. The molecule has 0 heterocycles. The van der Waals surface area contributed by atoms with Gasteiger partial charge in [-0.3, -0.25) is 9.59 Å². The lowest BCUT2D eigenvalue weighted by Crippen LogP contribution is -2.53. The molecule has 0 fully saturated rings. The number of nitrogens with one attached hydrogen (secondary N) is 1. The minimum absolute atomic E-state index is 0.299. The largest absolute Gasteiger partial charge is 0.480 e. The maximum Gasteiger partial charge on any atom is 0.370 e. The number of benzene rings is 1. The summed E-state index contributed by atoms with van der Waals surface area (Å²) < 4.78 is 8.30. The summed E-state index contributed by atoms with van der Waals surface area (Å²) >= 11 is 0.588. The van der Waals surface area contributed by atoms with E-state index in [0.717, 1.165) is 0 Å². The van der Waals surface area contributed by atoms with Crippen LogP contribution in [0.15, 0.2) is 30.3 Å². The van der Waals surface area contributed by atoms with Gasteiger partial charge in [0.05, 0.1) is 10.7 Å².